The summed E-state index contributed by atoms with van der Waals surface area (Å²) in [5, 5.41) is 17.6. The van der Waals surface area contributed by atoms with E-state index in [9.17, 15) is 9.59 Å². The van der Waals surface area contributed by atoms with Crippen molar-refractivity contribution in [1.29, 1.82) is 0 Å². The van der Waals surface area contributed by atoms with Crippen LogP contribution in [0.25, 0.3) is 22.4 Å². The maximum absolute atomic E-state index is 12.9. The molecule has 1 N–H and O–H groups in total. The van der Waals surface area contributed by atoms with Crippen LogP contribution < -0.4 is 5.56 Å². The first-order valence-corrected chi connectivity index (χ1v) is 11.5. The van der Waals surface area contributed by atoms with Crippen molar-refractivity contribution in [1.82, 2.24) is 9.78 Å². The van der Waals surface area contributed by atoms with Crippen molar-refractivity contribution in [2.24, 2.45) is 11.8 Å². The number of carbonyl (C=O) groups is 1. The second-order valence-electron chi connectivity index (χ2n) is 8.10. The highest BCUT2D eigenvalue weighted by molar-refractivity contribution is 7.08. The number of carboxylic acid groups (broad SMARTS) is 1. The zero-order valence-corrected chi connectivity index (χ0v) is 18.1. The molecule has 3 aromatic rings. The van der Waals surface area contributed by atoms with Gasteiger partial charge in [0.2, 0.25) is 0 Å². The van der Waals surface area contributed by atoms with Gasteiger partial charge in [0.25, 0.3) is 5.56 Å². The highest BCUT2D eigenvalue weighted by Crippen LogP contribution is 2.32. The Kier molecular flexibility index (Phi) is 6.94. The molecule has 2 aromatic heterocycles. The molecule has 1 fully saturated rings. The molecule has 162 valence electrons. The van der Waals surface area contributed by atoms with Gasteiger partial charge >= 0.3 is 5.97 Å². The van der Waals surface area contributed by atoms with Gasteiger partial charge in [0, 0.05) is 29.1 Å². The molecule has 1 aliphatic carbocycles. The summed E-state index contributed by atoms with van der Waals surface area (Å²) in [4.78, 5) is 23.5. The van der Waals surface area contributed by atoms with Crippen LogP contribution in [0.3, 0.4) is 0 Å². The lowest BCUT2D eigenvalue weighted by molar-refractivity contribution is -0.142. The number of benzene rings is 1. The molecule has 1 aliphatic rings. The van der Waals surface area contributed by atoms with Gasteiger partial charge in [-0.3, -0.25) is 4.79 Å². The van der Waals surface area contributed by atoms with Crippen LogP contribution in [0.1, 0.15) is 25.7 Å². The van der Waals surface area contributed by atoms with Gasteiger partial charge in [0.05, 0.1) is 12.3 Å². The van der Waals surface area contributed by atoms with Crippen LogP contribution in [0.5, 0.6) is 0 Å². The monoisotopic (exact) mass is 438 g/mol. The van der Waals surface area contributed by atoms with E-state index in [0.717, 1.165) is 48.1 Å². The van der Waals surface area contributed by atoms with Crippen molar-refractivity contribution in [3.05, 3.63) is 63.6 Å². The van der Waals surface area contributed by atoms with Gasteiger partial charge in [-0.2, -0.15) is 16.4 Å². The highest BCUT2D eigenvalue weighted by Gasteiger charge is 2.23. The van der Waals surface area contributed by atoms with Crippen LogP contribution in [-0.2, 0) is 16.1 Å². The molecule has 2 heterocycles. The zero-order chi connectivity index (χ0) is 21.6. The number of thiophene rings is 1. The summed E-state index contributed by atoms with van der Waals surface area (Å²) in [5.74, 6) is -0.152. The second-order valence-corrected chi connectivity index (χ2v) is 8.88. The summed E-state index contributed by atoms with van der Waals surface area (Å²) in [6.45, 7) is 0.859. The fourth-order valence-electron chi connectivity index (χ4n) is 4.21. The molecule has 6 nitrogen and oxygen atoms in total. The van der Waals surface area contributed by atoms with Crippen molar-refractivity contribution in [3.63, 3.8) is 0 Å². The number of aliphatic carboxylic acids is 1. The van der Waals surface area contributed by atoms with Gasteiger partial charge < -0.3 is 9.84 Å². The zero-order valence-electron chi connectivity index (χ0n) is 17.3. The molecule has 4 rings (SSSR count). The number of nitrogens with zero attached hydrogens (tertiary/aromatic N) is 2. The first kappa shape index (κ1) is 21.5. The fraction of sp³-hybridized carbons (Fsp3) is 0.375. The predicted molar refractivity (Wildman–Crippen MR) is 121 cm³/mol. The molecule has 7 heteroatoms. The molecule has 0 atom stereocenters. The Bertz CT molecular complexity index is 1050. The molecule has 1 aromatic carbocycles. The minimum Gasteiger partial charge on any atom is -0.480 e. The summed E-state index contributed by atoms with van der Waals surface area (Å²) in [7, 11) is 0. The maximum Gasteiger partial charge on any atom is 0.329 e. The van der Waals surface area contributed by atoms with Gasteiger partial charge in [0.1, 0.15) is 6.61 Å². The Morgan fingerprint density at radius 2 is 1.84 bits per heavy atom. The largest absolute Gasteiger partial charge is 0.480 e. The molecule has 0 saturated heterocycles. The quantitative estimate of drug-likeness (QED) is 0.558. The van der Waals surface area contributed by atoms with E-state index in [1.807, 2.05) is 41.8 Å². The van der Waals surface area contributed by atoms with E-state index in [2.05, 4.69) is 5.38 Å². The molecule has 0 unspecified atom stereocenters. The van der Waals surface area contributed by atoms with E-state index in [0.29, 0.717) is 25.0 Å². The molecular weight excluding hydrogens is 412 g/mol. The Morgan fingerprint density at radius 1 is 1.10 bits per heavy atom. The lowest BCUT2D eigenvalue weighted by Gasteiger charge is -2.28. The third kappa shape index (κ3) is 5.48. The molecular formula is C24H26N2O4S. The third-order valence-corrected chi connectivity index (χ3v) is 6.54. The van der Waals surface area contributed by atoms with Crippen LogP contribution in [-0.4, -0.2) is 34.1 Å². The van der Waals surface area contributed by atoms with E-state index >= 15 is 0 Å². The second kappa shape index (κ2) is 10.0. The number of hydrogen-bond donors (Lipinski definition) is 1. The SMILES string of the molecule is O=C(O)COCC1CCC(Cn2nc(-c3ccsc3)c(-c3ccccc3)cc2=O)CC1. The number of aromatic nitrogens is 2. The van der Waals surface area contributed by atoms with Gasteiger partial charge in [-0.25, -0.2) is 9.48 Å². The average molecular weight is 439 g/mol. The van der Waals surface area contributed by atoms with Crippen LogP contribution in [0.2, 0.25) is 0 Å². The third-order valence-electron chi connectivity index (χ3n) is 5.85. The van der Waals surface area contributed by atoms with Crippen molar-refractivity contribution < 1.29 is 14.6 Å². The Balaban J connectivity index is 1.49. The van der Waals surface area contributed by atoms with E-state index < -0.39 is 5.97 Å². The summed E-state index contributed by atoms with van der Waals surface area (Å²) in [6, 6.07) is 13.7. The minimum absolute atomic E-state index is 0.0789. The van der Waals surface area contributed by atoms with Gasteiger partial charge in [-0.15, -0.1) is 0 Å². The first-order valence-electron chi connectivity index (χ1n) is 10.6. The van der Waals surface area contributed by atoms with Crippen molar-refractivity contribution in [2.45, 2.75) is 32.2 Å². The minimum atomic E-state index is -0.931. The van der Waals surface area contributed by atoms with Crippen LogP contribution >= 0.6 is 11.3 Å². The number of ether oxygens (including phenoxy) is 1. The topological polar surface area (TPSA) is 81.4 Å². The lowest BCUT2D eigenvalue weighted by Crippen LogP contribution is -2.29. The Labute approximate surface area is 185 Å². The summed E-state index contributed by atoms with van der Waals surface area (Å²) in [6.07, 6.45) is 3.95. The molecule has 0 aliphatic heterocycles. The van der Waals surface area contributed by atoms with Gasteiger partial charge in [-0.05, 0) is 54.5 Å². The lowest BCUT2D eigenvalue weighted by atomic mass is 9.82. The highest BCUT2D eigenvalue weighted by atomic mass is 32.1. The molecule has 31 heavy (non-hydrogen) atoms. The van der Waals surface area contributed by atoms with Gasteiger partial charge in [0.15, 0.2) is 0 Å². The van der Waals surface area contributed by atoms with Crippen LogP contribution in [0.4, 0.5) is 0 Å². The fourth-order valence-corrected chi connectivity index (χ4v) is 4.85. The summed E-state index contributed by atoms with van der Waals surface area (Å²) < 4.78 is 6.87. The Morgan fingerprint density at radius 3 is 2.52 bits per heavy atom. The number of rotatable bonds is 8. The predicted octanol–water partition coefficient (Wildman–Crippen LogP) is 4.55. The molecule has 0 radical (unpaired) electrons. The van der Waals surface area contributed by atoms with E-state index in [-0.39, 0.29) is 12.2 Å². The molecule has 0 bridgehead atoms. The first-order chi connectivity index (χ1) is 15.1. The summed E-state index contributed by atoms with van der Waals surface area (Å²) >= 11 is 1.62. The van der Waals surface area contributed by atoms with Crippen LogP contribution in [0.15, 0.2) is 58.0 Å². The normalized spacial score (nSPS) is 18.7. The standard InChI is InChI=1S/C24H26N2O4S/c27-22-12-21(19-4-2-1-3-5-19)24(20-10-11-31-16-20)25-26(22)13-17-6-8-18(9-7-17)14-30-15-23(28)29/h1-5,10-12,16-18H,6-9,13-15H2,(H,28,29). The number of carboxylic acids is 1. The number of hydrogen-bond acceptors (Lipinski definition) is 5. The van der Waals surface area contributed by atoms with Crippen molar-refractivity contribution >= 4 is 17.3 Å². The molecule has 1 saturated carbocycles. The van der Waals surface area contributed by atoms with E-state index in [4.69, 9.17) is 14.9 Å². The van der Waals surface area contributed by atoms with Crippen molar-refractivity contribution in [2.75, 3.05) is 13.2 Å². The van der Waals surface area contributed by atoms with E-state index in [1.165, 1.54) is 0 Å². The van der Waals surface area contributed by atoms with E-state index in [1.54, 1.807) is 22.1 Å². The van der Waals surface area contributed by atoms with Crippen LogP contribution in [0, 0.1) is 11.8 Å². The molecule has 0 spiro atoms. The smallest absolute Gasteiger partial charge is 0.329 e. The maximum atomic E-state index is 12.9. The molecule has 0 amide bonds. The summed E-state index contributed by atoms with van der Waals surface area (Å²) in [5.41, 5.74) is 3.63. The van der Waals surface area contributed by atoms with Gasteiger partial charge in [-0.1, -0.05) is 30.3 Å². The Hall–Kier alpha value is -2.77. The average Bonchev–Trinajstić information content (AvgIpc) is 3.31. The van der Waals surface area contributed by atoms with Crippen molar-refractivity contribution in [3.8, 4) is 22.4 Å².